The van der Waals surface area contributed by atoms with Crippen LogP contribution in [0.4, 0.5) is 11.4 Å². The predicted molar refractivity (Wildman–Crippen MR) is 79.3 cm³/mol. The van der Waals surface area contributed by atoms with Crippen molar-refractivity contribution in [2.24, 2.45) is 11.8 Å². The first-order chi connectivity index (χ1) is 10.1. The molecule has 2 N–H and O–H groups in total. The fraction of sp³-hybridized carbons (Fsp3) is 0.533. The number of benzene rings is 1. The van der Waals surface area contributed by atoms with Crippen molar-refractivity contribution in [3.63, 3.8) is 0 Å². The average molecular weight is 289 g/mol. The SMILES string of the molecule is CNc1cc(C(=O)NC(C2CC2)C2CC2)ccc1[N+](=O)[O-]. The summed E-state index contributed by atoms with van der Waals surface area (Å²) in [6, 6.07) is 4.73. The fourth-order valence-corrected chi connectivity index (χ4v) is 2.80. The Hall–Kier alpha value is -2.11. The van der Waals surface area contributed by atoms with Crippen LogP contribution in [0.3, 0.4) is 0 Å². The summed E-state index contributed by atoms with van der Waals surface area (Å²) in [5.41, 5.74) is 0.813. The zero-order valence-corrected chi connectivity index (χ0v) is 12.0. The number of rotatable bonds is 6. The van der Waals surface area contributed by atoms with Gasteiger partial charge in [0.05, 0.1) is 4.92 Å². The molecular weight excluding hydrogens is 270 g/mol. The highest BCUT2D eigenvalue weighted by Crippen LogP contribution is 2.44. The highest BCUT2D eigenvalue weighted by Gasteiger charge is 2.42. The Labute approximate surface area is 123 Å². The molecule has 0 bridgehead atoms. The quantitative estimate of drug-likeness (QED) is 0.622. The van der Waals surface area contributed by atoms with E-state index in [1.54, 1.807) is 13.1 Å². The third-order valence-corrected chi connectivity index (χ3v) is 4.28. The summed E-state index contributed by atoms with van der Waals surface area (Å²) in [5, 5.41) is 16.8. The van der Waals surface area contributed by atoms with Crippen molar-refractivity contribution in [1.82, 2.24) is 5.32 Å². The van der Waals surface area contributed by atoms with Gasteiger partial charge in [0.25, 0.3) is 11.6 Å². The maximum absolute atomic E-state index is 12.4. The lowest BCUT2D eigenvalue weighted by Crippen LogP contribution is -2.38. The van der Waals surface area contributed by atoms with Crippen LogP contribution in [0.2, 0.25) is 0 Å². The van der Waals surface area contributed by atoms with Crippen molar-refractivity contribution in [1.29, 1.82) is 0 Å². The summed E-state index contributed by atoms with van der Waals surface area (Å²) in [6.07, 6.45) is 4.79. The van der Waals surface area contributed by atoms with Gasteiger partial charge in [0.15, 0.2) is 0 Å². The smallest absolute Gasteiger partial charge is 0.292 e. The number of hydrogen-bond donors (Lipinski definition) is 2. The van der Waals surface area contributed by atoms with Crippen molar-refractivity contribution < 1.29 is 9.72 Å². The molecule has 6 nitrogen and oxygen atoms in total. The van der Waals surface area contributed by atoms with Crippen LogP contribution in [-0.2, 0) is 0 Å². The lowest BCUT2D eigenvalue weighted by Gasteiger charge is -2.17. The van der Waals surface area contributed by atoms with Gasteiger partial charge >= 0.3 is 0 Å². The van der Waals surface area contributed by atoms with Gasteiger partial charge in [0.1, 0.15) is 5.69 Å². The number of nitrogens with one attached hydrogen (secondary N) is 2. The van der Waals surface area contributed by atoms with Gasteiger partial charge in [-0.3, -0.25) is 14.9 Å². The summed E-state index contributed by atoms with van der Waals surface area (Å²) in [5.74, 6) is 1.12. The zero-order chi connectivity index (χ0) is 15.0. The first-order valence-corrected chi connectivity index (χ1v) is 7.37. The average Bonchev–Trinajstić information content (AvgIpc) is 3.36. The Balaban J connectivity index is 1.76. The molecule has 0 radical (unpaired) electrons. The van der Waals surface area contributed by atoms with Crippen LogP contribution < -0.4 is 10.6 Å². The first-order valence-electron chi connectivity index (χ1n) is 7.37. The lowest BCUT2D eigenvalue weighted by molar-refractivity contribution is -0.383. The second kappa shape index (κ2) is 5.35. The molecule has 0 spiro atoms. The van der Waals surface area contributed by atoms with Gasteiger partial charge in [-0.2, -0.15) is 0 Å². The summed E-state index contributed by atoms with van der Waals surface area (Å²) in [4.78, 5) is 22.8. The summed E-state index contributed by atoms with van der Waals surface area (Å²) in [6.45, 7) is 0. The molecule has 112 valence electrons. The number of anilines is 1. The van der Waals surface area contributed by atoms with Gasteiger partial charge in [-0.05, 0) is 49.7 Å². The maximum Gasteiger partial charge on any atom is 0.292 e. The van der Waals surface area contributed by atoms with Crippen molar-refractivity contribution in [3.05, 3.63) is 33.9 Å². The third-order valence-electron chi connectivity index (χ3n) is 4.28. The summed E-state index contributed by atoms with van der Waals surface area (Å²) < 4.78 is 0. The Bertz CT molecular complexity index is 568. The molecule has 0 atom stereocenters. The first kappa shape index (κ1) is 13.9. The van der Waals surface area contributed by atoms with Gasteiger partial charge in [-0.1, -0.05) is 0 Å². The largest absolute Gasteiger partial charge is 0.383 e. The molecule has 1 amide bonds. The molecule has 0 heterocycles. The molecule has 2 saturated carbocycles. The van der Waals surface area contributed by atoms with E-state index in [2.05, 4.69) is 10.6 Å². The third kappa shape index (κ3) is 2.99. The van der Waals surface area contributed by atoms with E-state index < -0.39 is 4.92 Å². The van der Waals surface area contributed by atoms with Crippen LogP contribution in [0.1, 0.15) is 36.0 Å². The van der Waals surface area contributed by atoms with Gasteiger partial charge < -0.3 is 10.6 Å². The zero-order valence-electron chi connectivity index (χ0n) is 12.0. The van der Waals surface area contributed by atoms with Gasteiger partial charge in [0.2, 0.25) is 0 Å². The van der Waals surface area contributed by atoms with Gasteiger partial charge in [0, 0.05) is 24.7 Å². The standard InChI is InChI=1S/C15H19N3O3/c1-16-12-8-11(6-7-13(12)18(20)21)15(19)17-14(9-2-3-9)10-4-5-10/h6-10,14,16H,2-5H2,1H3,(H,17,19). The van der Waals surface area contributed by atoms with E-state index in [1.807, 2.05) is 0 Å². The van der Waals surface area contributed by atoms with Crippen molar-refractivity contribution >= 4 is 17.3 Å². The molecular formula is C15H19N3O3. The predicted octanol–water partition coefficient (Wildman–Crippen LogP) is 2.55. The number of carbonyl (C=O) groups excluding carboxylic acids is 1. The number of nitro benzene ring substituents is 1. The molecule has 21 heavy (non-hydrogen) atoms. The topological polar surface area (TPSA) is 84.3 Å². The fourth-order valence-electron chi connectivity index (χ4n) is 2.80. The van der Waals surface area contributed by atoms with E-state index in [0.29, 0.717) is 23.1 Å². The minimum Gasteiger partial charge on any atom is -0.383 e. The molecule has 0 aromatic heterocycles. The molecule has 1 aromatic rings. The molecule has 1 aromatic carbocycles. The minimum atomic E-state index is -0.454. The second-order valence-electron chi connectivity index (χ2n) is 5.91. The Morgan fingerprint density at radius 1 is 1.29 bits per heavy atom. The van der Waals surface area contributed by atoms with Gasteiger partial charge in [-0.25, -0.2) is 0 Å². The molecule has 2 aliphatic carbocycles. The van der Waals surface area contributed by atoms with Crippen molar-refractivity contribution in [3.8, 4) is 0 Å². The van der Waals surface area contributed by atoms with Crippen LogP contribution in [0, 0.1) is 22.0 Å². The minimum absolute atomic E-state index is 0.0185. The number of amides is 1. The van der Waals surface area contributed by atoms with E-state index in [-0.39, 0.29) is 17.6 Å². The van der Waals surface area contributed by atoms with E-state index in [0.717, 1.165) is 0 Å². The Kier molecular flexibility index (Phi) is 3.53. The lowest BCUT2D eigenvalue weighted by atomic mass is 10.1. The Morgan fingerprint density at radius 2 is 1.90 bits per heavy atom. The van der Waals surface area contributed by atoms with E-state index in [1.165, 1.54) is 37.8 Å². The van der Waals surface area contributed by atoms with E-state index in [9.17, 15) is 14.9 Å². The molecule has 0 unspecified atom stereocenters. The van der Waals surface area contributed by atoms with Crippen LogP contribution in [0.5, 0.6) is 0 Å². The highest BCUT2D eigenvalue weighted by atomic mass is 16.6. The Morgan fingerprint density at radius 3 is 2.38 bits per heavy atom. The normalized spacial score (nSPS) is 17.6. The summed E-state index contributed by atoms with van der Waals surface area (Å²) >= 11 is 0. The molecule has 6 heteroatoms. The summed E-state index contributed by atoms with van der Waals surface area (Å²) in [7, 11) is 1.61. The van der Waals surface area contributed by atoms with Crippen LogP contribution >= 0.6 is 0 Å². The number of nitrogens with zero attached hydrogens (tertiary/aromatic N) is 1. The molecule has 0 aliphatic heterocycles. The molecule has 0 saturated heterocycles. The van der Waals surface area contributed by atoms with Gasteiger partial charge in [-0.15, -0.1) is 0 Å². The monoisotopic (exact) mass is 289 g/mol. The van der Waals surface area contributed by atoms with Crippen LogP contribution in [0.25, 0.3) is 0 Å². The van der Waals surface area contributed by atoms with Crippen molar-refractivity contribution in [2.45, 2.75) is 31.7 Å². The van der Waals surface area contributed by atoms with Crippen LogP contribution in [0.15, 0.2) is 18.2 Å². The maximum atomic E-state index is 12.4. The van der Waals surface area contributed by atoms with E-state index >= 15 is 0 Å². The van der Waals surface area contributed by atoms with E-state index in [4.69, 9.17) is 0 Å². The van der Waals surface area contributed by atoms with Crippen molar-refractivity contribution in [2.75, 3.05) is 12.4 Å². The molecule has 2 fully saturated rings. The number of hydrogen-bond acceptors (Lipinski definition) is 4. The molecule has 2 aliphatic rings. The van der Waals surface area contributed by atoms with Crippen LogP contribution in [-0.4, -0.2) is 23.9 Å². The highest BCUT2D eigenvalue weighted by molar-refractivity contribution is 5.96. The molecule has 3 rings (SSSR count). The number of nitro groups is 1. The number of carbonyl (C=O) groups is 1. The second-order valence-corrected chi connectivity index (χ2v) is 5.91.